The minimum absolute atomic E-state index is 0.102. The van der Waals surface area contributed by atoms with Crippen LogP contribution in [0.4, 0.5) is 10.1 Å². The molecule has 8 heteroatoms. The maximum Gasteiger partial charge on any atom is 0.257 e. The third kappa shape index (κ3) is 4.64. The Bertz CT molecular complexity index is 1500. The van der Waals surface area contributed by atoms with Gasteiger partial charge < -0.3 is 4.90 Å². The van der Waals surface area contributed by atoms with Gasteiger partial charge in [0.15, 0.2) is 0 Å². The van der Waals surface area contributed by atoms with Crippen molar-refractivity contribution in [2.75, 3.05) is 4.90 Å². The SMILES string of the molecule is CCC(C)N(C(=O)c1ccc(F)cc1)C1CC(=O)N(c2ccc(-c3nc4ccc(C)cc4s3)cc2)C1=O. The first-order valence-electron chi connectivity index (χ1n) is 12.2. The summed E-state index contributed by atoms with van der Waals surface area (Å²) in [6.07, 6.45) is 0.496. The molecule has 2 heterocycles. The van der Waals surface area contributed by atoms with E-state index in [0.29, 0.717) is 12.1 Å². The lowest BCUT2D eigenvalue weighted by Crippen LogP contribution is -2.49. The average Bonchev–Trinajstić information content (AvgIpc) is 3.44. The van der Waals surface area contributed by atoms with E-state index in [1.807, 2.05) is 45.0 Å². The van der Waals surface area contributed by atoms with Crippen LogP contribution in [0.1, 0.15) is 42.6 Å². The van der Waals surface area contributed by atoms with Crippen molar-refractivity contribution < 1.29 is 18.8 Å². The molecule has 0 bridgehead atoms. The Labute approximate surface area is 218 Å². The number of imide groups is 1. The van der Waals surface area contributed by atoms with Crippen molar-refractivity contribution >= 4 is 45.0 Å². The molecule has 37 heavy (non-hydrogen) atoms. The van der Waals surface area contributed by atoms with Crippen LogP contribution in [0, 0.1) is 12.7 Å². The number of halogens is 1. The fourth-order valence-electron chi connectivity index (χ4n) is 4.60. The molecule has 0 saturated carbocycles. The molecular formula is C29H26FN3O3S. The molecule has 3 aromatic carbocycles. The molecule has 1 aromatic heterocycles. The highest BCUT2D eigenvalue weighted by atomic mass is 32.1. The smallest absolute Gasteiger partial charge is 0.257 e. The van der Waals surface area contributed by atoms with Crippen molar-refractivity contribution in [3.63, 3.8) is 0 Å². The molecule has 2 unspecified atom stereocenters. The van der Waals surface area contributed by atoms with Crippen LogP contribution in [-0.2, 0) is 9.59 Å². The van der Waals surface area contributed by atoms with E-state index in [1.54, 1.807) is 23.5 Å². The van der Waals surface area contributed by atoms with Crippen molar-refractivity contribution in [3.8, 4) is 10.6 Å². The molecule has 1 aliphatic rings. The molecule has 6 nitrogen and oxygen atoms in total. The number of hydrogen-bond acceptors (Lipinski definition) is 5. The number of nitrogens with zero attached hydrogens (tertiary/aromatic N) is 3. The number of carbonyl (C=O) groups is 3. The zero-order chi connectivity index (χ0) is 26.3. The first-order valence-corrected chi connectivity index (χ1v) is 13.0. The average molecular weight is 516 g/mol. The molecular weight excluding hydrogens is 489 g/mol. The van der Waals surface area contributed by atoms with E-state index in [1.165, 1.54) is 34.7 Å². The molecule has 1 fully saturated rings. The summed E-state index contributed by atoms with van der Waals surface area (Å²) in [5.74, 6) is -1.65. The van der Waals surface area contributed by atoms with Gasteiger partial charge in [0.2, 0.25) is 5.91 Å². The van der Waals surface area contributed by atoms with Gasteiger partial charge in [-0.15, -0.1) is 11.3 Å². The first-order chi connectivity index (χ1) is 17.8. The molecule has 3 amide bonds. The highest BCUT2D eigenvalue weighted by Gasteiger charge is 2.45. The number of benzene rings is 3. The zero-order valence-electron chi connectivity index (χ0n) is 20.8. The molecule has 5 rings (SSSR count). The highest BCUT2D eigenvalue weighted by molar-refractivity contribution is 7.21. The number of anilines is 1. The number of hydrogen-bond donors (Lipinski definition) is 0. The van der Waals surface area contributed by atoms with Gasteiger partial charge in [0.1, 0.15) is 16.9 Å². The predicted molar refractivity (Wildman–Crippen MR) is 143 cm³/mol. The van der Waals surface area contributed by atoms with E-state index in [2.05, 4.69) is 6.07 Å². The van der Waals surface area contributed by atoms with Crippen LogP contribution in [0.2, 0.25) is 0 Å². The van der Waals surface area contributed by atoms with Gasteiger partial charge in [-0.05, 0) is 86.5 Å². The van der Waals surface area contributed by atoms with Crippen molar-refractivity contribution in [2.24, 2.45) is 0 Å². The van der Waals surface area contributed by atoms with Crippen LogP contribution in [0.25, 0.3) is 20.8 Å². The molecule has 2 atom stereocenters. The van der Waals surface area contributed by atoms with Crippen LogP contribution in [0.5, 0.6) is 0 Å². The van der Waals surface area contributed by atoms with Gasteiger partial charge in [-0.1, -0.05) is 13.0 Å². The monoisotopic (exact) mass is 515 g/mol. The fourth-order valence-corrected chi connectivity index (χ4v) is 5.67. The summed E-state index contributed by atoms with van der Waals surface area (Å²) in [6, 6.07) is 17.3. The molecule has 1 saturated heterocycles. The van der Waals surface area contributed by atoms with Gasteiger partial charge in [0.05, 0.1) is 22.3 Å². The Morgan fingerprint density at radius 1 is 1.11 bits per heavy atom. The van der Waals surface area contributed by atoms with Gasteiger partial charge in [-0.3, -0.25) is 14.4 Å². The van der Waals surface area contributed by atoms with Gasteiger partial charge in [-0.25, -0.2) is 14.3 Å². The van der Waals surface area contributed by atoms with Crippen molar-refractivity contribution in [1.82, 2.24) is 9.88 Å². The second-order valence-corrected chi connectivity index (χ2v) is 10.3. The van der Waals surface area contributed by atoms with E-state index in [4.69, 9.17) is 4.98 Å². The van der Waals surface area contributed by atoms with Crippen LogP contribution in [0.15, 0.2) is 66.7 Å². The van der Waals surface area contributed by atoms with Gasteiger partial charge in [-0.2, -0.15) is 0 Å². The zero-order valence-corrected chi connectivity index (χ0v) is 21.6. The van der Waals surface area contributed by atoms with Crippen LogP contribution >= 0.6 is 11.3 Å². The number of carbonyl (C=O) groups excluding carboxylic acids is 3. The van der Waals surface area contributed by atoms with Crippen molar-refractivity contribution in [1.29, 1.82) is 0 Å². The maximum atomic E-state index is 13.5. The summed E-state index contributed by atoms with van der Waals surface area (Å²) in [7, 11) is 0. The number of thiazole rings is 1. The molecule has 188 valence electrons. The Kier molecular flexibility index (Phi) is 6.60. The molecule has 0 radical (unpaired) electrons. The van der Waals surface area contributed by atoms with E-state index in [0.717, 1.165) is 25.7 Å². The van der Waals surface area contributed by atoms with Crippen LogP contribution in [0.3, 0.4) is 0 Å². The number of aromatic nitrogens is 1. The quantitative estimate of drug-likeness (QED) is 0.296. The number of aryl methyl sites for hydroxylation is 1. The lowest BCUT2D eigenvalue weighted by atomic mass is 10.1. The van der Waals surface area contributed by atoms with E-state index in [-0.39, 0.29) is 23.9 Å². The summed E-state index contributed by atoms with van der Waals surface area (Å²) < 4.78 is 14.5. The van der Waals surface area contributed by atoms with Gasteiger partial charge in [0, 0.05) is 17.2 Å². The summed E-state index contributed by atoms with van der Waals surface area (Å²) in [6.45, 7) is 5.80. The van der Waals surface area contributed by atoms with E-state index in [9.17, 15) is 18.8 Å². The first kappa shape index (κ1) is 24.8. The molecule has 1 aliphatic heterocycles. The third-order valence-corrected chi connectivity index (χ3v) is 7.83. The summed E-state index contributed by atoms with van der Waals surface area (Å²) in [4.78, 5) is 47.2. The lowest BCUT2D eigenvalue weighted by molar-refractivity contribution is -0.122. The third-order valence-electron chi connectivity index (χ3n) is 6.77. The maximum absolute atomic E-state index is 13.5. The second kappa shape index (κ2) is 9.86. The van der Waals surface area contributed by atoms with Crippen LogP contribution < -0.4 is 4.90 Å². The number of amides is 3. The minimum atomic E-state index is -0.924. The molecule has 0 aliphatic carbocycles. The molecule has 0 N–H and O–H groups in total. The Hall–Kier alpha value is -3.91. The molecule has 0 spiro atoms. The summed E-state index contributed by atoms with van der Waals surface area (Å²) in [5, 5.41) is 0.858. The van der Waals surface area contributed by atoms with Crippen molar-refractivity contribution in [2.45, 2.75) is 45.7 Å². The second-order valence-electron chi connectivity index (χ2n) is 9.30. The fraction of sp³-hybridized carbons (Fsp3) is 0.241. The largest absolute Gasteiger partial charge is 0.323 e. The number of fused-ring (bicyclic) bond motifs is 1. The topological polar surface area (TPSA) is 70.6 Å². The molecule has 4 aromatic rings. The highest BCUT2D eigenvalue weighted by Crippen LogP contribution is 2.33. The predicted octanol–water partition coefficient (Wildman–Crippen LogP) is 5.98. The Morgan fingerprint density at radius 2 is 1.81 bits per heavy atom. The standard InChI is InChI=1S/C29H26FN3O3S/c1-4-18(3)32(28(35)20-6-10-21(30)11-7-20)24-16-26(34)33(29(24)36)22-12-8-19(9-13-22)27-31-23-14-5-17(2)15-25(23)37-27/h5-15,18,24H,4,16H2,1-3H3. The summed E-state index contributed by atoms with van der Waals surface area (Å²) in [5.41, 5.74) is 3.72. The Morgan fingerprint density at radius 3 is 2.49 bits per heavy atom. The van der Waals surface area contributed by atoms with E-state index >= 15 is 0 Å². The normalized spacial score (nSPS) is 16.4. The van der Waals surface area contributed by atoms with Gasteiger partial charge in [0.25, 0.3) is 11.8 Å². The van der Waals surface area contributed by atoms with Gasteiger partial charge >= 0.3 is 0 Å². The van der Waals surface area contributed by atoms with Crippen molar-refractivity contribution in [3.05, 3.63) is 83.7 Å². The summed E-state index contributed by atoms with van der Waals surface area (Å²) >= 11 is 1.59. The van der Waals surface area contributed by atoms with Crippen LogP contribution in [-0.4, -0.2) is 39.7 Å². The van der Waals surface area contributed by atoms with E-state index < -0.39 is 23.7 Å². The Balaban J connectivity index is 1.41. The minimum Gasteiger partial charge on any atom is -0.323 e. The lowest BCUT2D eigenvalue weighted by Gasteiger charge is -2.33. The number of rotatable bonds is 6.